The molecule has 2 saturated heterocycles. The van der Waals surface area contributed by atoms with Crippen LogP contribution >= 0.6 is 0 Å². The largest absolute Gasteiger partial charge is 0.457 e. The second-order valence-corrected chi connectivity index (χ2v) is 10.2. The minimum Gasteiger partial charge on any atom is -0.457 e. The molecular weight excluding hydrogens is 462 g/mol. The minimum atomic E-state index is -3.78. The molecule has 0 spiro atoms. The van der Waals surface area contributed by atoms with Crippen LogP contribution in [0.25, 0.3) is 0 Å². The van der Waals surface area contributed by atoms with Gasteiger partial charge in [-0.1, -0.05) is 0 Å². The van der Waals surface area contributed by atoms with Gasteiger partial charge in [-0.05, 0) is 55.2 Å². The summed E-state index contributed by atoms with van der Waals surface area (Å²) in [6.07, 6.45) is 3.09. The van der Waals surface area contributed by atoms with Gasteiger partial charge in [0, 0.05) is 38.3 Å². The minimum absolute atomic E-state index is 0.0393. The van der Waals surface area contributed by atoms with E-state index in [4.69, 9.17) is 9.47 Å². The first-order valence-corrected chi connectivity index (χ1v) is 12.7. The Labute approximate surface area is 198 Å². The molecule has 10 nitrogen and oxygen atoms in total. The van der Waals surface area contributed by atoms with E-state index in [1.165, 1.54) is 34.6 Å². The summed E-state index contributed by atoms with van der Waals surface area (Å²) in [6.45, 7) is 2.64. The molecule has 0 N–H and O–H groups in total. The van der Waals surface area contributed by atoms with Crippen LogP contribution in [0.15, 0.2) is 47.4 Å². The maximum atomic E-state index is 13.2. The van der Waals surface area contributed by atoms with Crippen molar-refractivity contribution in [3.63, 3.8) is 0 Å². The van der Waals surface area contributed by atoms with E-state index >= 15 is 0 Å². The number of non-ortho nitro benzene ring substituents is 1. The fraction of sp³-hybridized carbons (Fsp3) is 0.435. The molecule has 0 bridgehead atoms. The summed E-state index contributed by atoms with van der Waals surface area (Å²) in [5.41, 5.74) is 1.38. The van der Waals surface area contributed by atoms with Crippen LogP contribution in [-0.2, 0) is 26.1 Å². The van der Waals surface area contributed by atoms with Crippen molar-refractivity contribution in [3.8, 4) is 0 Å². The monoisotopic (exact) mass is 489 g/mol. The maximum absolute atomic E-state index is 13.2. The number of sulfonamides is 1. The first-order valence-electron chi connectivity index (χ1n) is 11.2. The van der Waals surface area contributed by atoms with Gasteiger partial charge in [0.15, 0.2) is 0 Å². The highest BCUT2D eigenvalue weighted by Gasteiger charge is 2.29. The van der Waals surface area contributed by atoms with Crippen molar-refractivity contribution < 1.29 is 27.6 Å². The third-order valence-corrected chi connectivity index (χ3v) is 7.90. The molecule has 0 aliphatic carbocycles. The van der Waals surface area contributed by atoms with Gasteiger partial charge >= 0.3 is 5.97 Å². The number of morpholine rings is 1. The number of carbonyl (C=O) groups is 1. The van der Waals surface area contributed by atoms with Crippen LogP contribution in [0.3, 0.4) is 0 Å². The third-order valence-electron chi connectivity index (χ3n) is 6.01. The number of ether oxygens (including phenoxy) is 2. The van der Waals surface area contributed by atoms with Crippen molar-refractivity contribution in [3.05, 3.63) is 63.7 Å². The molecule has 4 rings (SSSR count). The Morgan fingerprint density at radius 3 is 2.32 bits per heavy atom. The molecule has 2 heterocycles. The molecule has 2 aliphatic rings. The average molecular weight is 490 g/mol. The number of nitrogens with zero attached hydrogens (tertiary/aromatic N) is 3. The van der Waals surface area contributed by atoms with E-state index in [0.717, 1.165) is 32.4 Å². The van der Waals surface area contributed by atoms with Gasteiger partial charge in [-0.3, -0.25) is 10.1 Å². The normalized spacial score (nSPS) is 17.4. The number of esters is 1. The van der Waals surface area contributed by atoms with Crippen molar-refractivity contribution in [2.24, 2.45) is 0 Å². The summed E-state index contributed by atoms with van der Waals surface area (Å²) in [5.74, 6) is -0.641. The Kier molecular flexibility index (Phi) is 7.44. The lowest BCUT2D eigenvalue weighted by Gasteiger charge is -2.31. The van der Waals surface area contributed by atoms with Crippen LogP contribution < -0.4 is 4.90 Å². The number of nitro groups is 1. The lowest BCUT2D eigenvalue weighted by molar-refractivity contribution is -0.384. The number of rotatable bonds is 7. The van der Waals surface area contributed by atoms with Crippen molar-refractivity contribution in [1.82, 2.24) is 4.31 Å². The van der Waals surface area contributed by atoms with E-state index in [1.807, 2.05) is 0 Å². The van der Waals surface area contributed by atoms with Crippen LogP contribution in [0, 0.1) is 10.1 Å². The summed E-state index contributed by atoms with van der Waals surface area (Å²) in [4.78, 5) is 25.6. The number of carbonyl (C=O) groups excluding carboxylic acids is 1. The van der Waals surface area contributed by atoms with Crippen molar-refractivity contribution >= 4 is 27.4 Å². The quantitative estimate of drug-likeness (QED) is 0.331. The molecule has 0 amide bonds. The molecule has 182 valence electrons. The van der Waals surface area contributed by atoms with Crippen molar-refractivity contribution in [2.45, 2.75) is 30.8 Å². The van der Waals surface area contributed by atoms with Gasteiger partial charge in [-0.2, -0.15) is 4.31 Å². The Hall–Kier alpha value is -3.02. The van der Waals surface area contributed by atoms with E-state index in [1.54, 1.807) is 12.1 Å². The van der Waals surface area contributed by atoms with E-state index in [2.05, 4.69) is 4.90 Å². The SMILES string of the molecule is O=C(OCc1ccc([N+](=O)[O-])cc1)c1cc(S(=O)(=O)N2CCOCC2)ccc1N1CCCCC1. The second-order valence-electron chi connectivity index (χ2n) is 8.24. The van der Waals surface area contributed by atoms with Crippen LogP contribution in [0.4, 0.5) is 11.4 Å². The zero-order valence-electron chi connectivity index (χ0n) is 18.7. The lowest BCUT2D eigenvalue weighted by Crippen LogP contribution is -2.40. The Bertz CT molecular complexity index is 1140. The van der Waals surface area contributed by atoms with E-state index in [9.17, 15) is 23.3 Å². The van der Waals surface area contributed by atoms with Crippen LogP contribution in [0.5, 0.6) is 0 Å². The van der Waals surface area contributed by atoms with Crippen LogP contribution in [-0.4, -0.2) is 63.0 Å². The van der Waals surface area contributed by atoms with Gasteiger partial charge in [0.1, 0.15) is 6.61 Å². The number of piperidine rings is 1. The topological polar surface area (TPSA) is 119 Å². The smallest absolute Gasteiger partial charge is 0.340 e. The van der Waals surface area contributed by atoms with Crippen LogP contribution in [0.2, 0.25) is 0 Å². The molecule has 34 heavy (non-hydrogen) atoms. The molecule has 0 aromatic heterocycles. The van der Waals surface area contributed by atoms with E-state index in [-0.39, 0.29) is 35.8 Å². The molecule has 0 saturated carbocycles. The molecule has 0 atom stereocenters. The molecule has 2 aliphatic heterocycles. The van der Waals surface area contributed by atoms with Gasteiger partial charge in [0.05, 0.1) is 34.3 Å². The average Bonchev–Trinajstić information content (AvgIpc) is 2.88. The van der Waals surface area contributed by atoms with Gasteiger partial charge in [0.2, 0.25) is 10.0 Å². The predicted octanol–water partition coefficient (Wildman–Crippen LogP) is 2.96. The summed E-state index contributed by atoms with van der Waals surface area (Å²) in [5, 5.41) is 10.8. The summed E-state index contributed by atoms with van der Waals surface area (Å²) < 4.78 is 38.4. The third kappa shape index (κ3) is 5.37. The lowest BCUT2D eigenvalue weighted by atomic mass is 10.1. The number of hydrogen-bond donors (Lipinski definition) is 0. The molecule has 2 aromatic rings. The Morgan fingerprint density at radius 2 is 1.68 bits per heavy atom. The van der Waals surface area contributed by atoms with Gasteiger partial charge < -0.3 is 14.4 Å². The zero-order valence-corrected chi connectivity index (χ0v) is 19.5. The number of anilines is 1. The molecule has 0 unspecified atom stereocenters. The van der Waals surface area contributed by atoms with Crippen LogP contribution in [0.1, 0.15) is 35.2 Å². The fourth-order valence-corrected chi connectivity index (χ4v) is 5.56. The fourth-order valence-electron chi connectivity index (χ4n) is 4.13. The van der Waals surface area contributed by atoms with Gasteiger partial charge in [0.25, 0.3) is 5.69 Å². The van der Waals surface area contributed by atoms with Crippen molar-refractivity contribution in [1.29, 1.82) is 0 Å². The molecule has 2 fully saturated rings. The summed E-state index contributed by atoms with van der Waals surface area (Å²) in [7, 11) is -3.78. The Morgan fingerprint density at radius 1 is 1.00 bits per heavy atom. The summed E-state index contributed by atoms with van der Waals surface area (Å²) in [6, 6.07) is 10.4. The van der Waals surface area contributed by atoms with Gasteiger partial charge in [-0.25, -0.2) is 13.2 Å². The maximum Gasteiger partial charge on any atom is 0.340 e. The highest BCUT2D eigenvalue weighted by molar-refractivity contribution is 7.89. The number of benzene rings is 2. The molecule has 11 heteroatoms. The van der Waals surface area contributed by atoms with Crippen molar-refractivity contribution in [2.75, 3.05) is 44.3 Å². The number of hydrogen-bond acceptors (Lipinski definition) is 8. The standard InChI is InChI=1S/C23H27N3O7S/c27-23(33-17-18-4-6-19(7-5-18)26(28)29)21-16-20(34(30,31)25-12-14-32-15-13-25)8-9-22(21)24-10-2-1-3-11-24/h4-9,16H,1-3,10-15,17H2. The van der Waals surface area contributed by atoms with E-state index < -0.39 is 20.9 Å². The highest BCUT2D eigenvalue weighted by Crippen LogP contribution is 2.29. The first-order chi connectivity index (χ1) is 16.4. The predicted molar refractivity (Wildman–Crippen MR) is 124 cm³/mol. The van der Waals surface area contributed by atoms with Gasteiger partial charge in [-0.15, -0.1) is 0 Å². The highest BCUT2D eigenvalue weighted by atomic mass is 32.2. The number of nitro benzene ring substituents is 1. The second kappa shape index (κ2) is 10.5. The molecule has 2 aromatic carbocycles. The zero-order chi connectivity index (χ0) is 24.1. The van der Waals surface area contributed by atoms with E-state index in [0.29, 0.717) is 24.5 Å². The Balaban J connectivity index is 1.59. The summed E-state index contributed by atoms with van der Waals surface area (Å²) >= 11 is 0. The first kappa shape index (κ1) is 24.1. The molecular formula is C23H27N3O7S. The molecule has 0 radical (unpaired) electrons.